The van der Waals surface area contributed by atoms with Crippen LogP contribution in [0.2, 0.25) is 5.02 Å². The number of hydrogen-bond donors (Lipinski definition) is 3. The van der Waals surface area contributed by atoms with Crippen LogP contribution in [0.25, 0.3) is 11.3 Å². The van der Waals surface area contributed by atoms with Gasteiger partial charge in [-0.25, -0.2) is 4.79 Å². The average Bonchev–Trinajstić information content (AvgIpc) is 2.92. The minimum absolute atomic E-state index is 0.0112. The largest absolute Gasteiger partial charge is 0.506 e. The number of carboxylic acid groups (broad SMARTS) is 1. The first-order valence-corrected chi connectivity index (χ1v) is 6.06. The maximum atomic E-state index is 10.8. The Hall–Kier alpha value is -2.41. The Morgan fingerprint density at radius 1 is 1.35 bits per heavy atom. The van der Waals surface area contributed by atoms with E-state index >= 15 is 0 Å². The van der Waals surface area contributed by atoms with Crippen molar-refractivity contribution in [3.63, 3.8) is 0 Å². The molecule has 3 rings (SSSR count). The third-order valence-electron chi connectivity index (χ3n) is 2.83. The van der Waals surface area contributed by atoms with Crippen molar-refractivity contribution in [3.8, 4) is 28.5 Å². The Bertz CT molecular complexity index is 697. The van der Waals surface area contributed by atoms with Gasteiger partial charge >= 0.3 is 5.97 Å². The van der Waals surface area contributed by atoms with Gasteiger partial charge in [-0.1, -0.05) is 11.6 Å². The van der Waals surface area contributed by atoms with Gasteiger partial charge < -0.3 is 19.7 Å². The molecule has 0 spiro atoms. The Morgan fingerprint density at radius 2 is 2.10 bits per heavy atom. The SMILES string of the molecule is O=C(O)c1cc(-c2cc3c(c(Cl)c2O)OCCO3)n[nH]1. The summed E-state index contributed by atoms with van der Waals surface area (Å²) in [5.41, 5.74) is 0.423. The zero-order chi connectivity index (χ0) is 14.3. The number of benzene rings is 1. The molecule has 2 heterocycles. The highest BCUT2D eigenvalue weighted by Crippen LogP contribution is 2.47. The van der Waals surface area contributed by atoms with Crippen LogP contribution in [0.3, 0.4) is 0 Å². The van der Waals surface area contributed by atoms with E-state index in [0.717, 1.165) is 0 Å². The van der Waals surface area contributed by atoms with Crippen molar-refractivity contribution in [1.82, 2.24) is 10.2 Å². The van der Waals surface area contributed by atoms with Crippen LogP contribution >= 0.6 is 11.6 Å². The van der Waals surface area contributed by atoms with Crippen molar-refractivity contribution in [3.05, 3.63) is 22.8 Å². The molecule has 7 nitrogen and oxygen atoms in total. The number of phenols is 1. The summed E-state index contributed by atoms with van der Waals surface area (Å²) in [6, 6.07) is 2.81. The maximum Gasteiger partial charge on any atom is 0.353 e. The Kier molecular flexibility index (Phi) is 2.90. The van der Waals surface area contributed by atoms with Crippen molar-refractivity contribution in [1.29, 1.82) is 0 Å². The number of nitrogens with one attached hydrogen (secondary N) is 1. The second-order valence-corrected chi connectivity index (χ2v) is 4.46. The van der Waals surface area contributed by atoms with E-state index in [1.54, 1.807) is 0 Å². The topological polar surface area (TPSA) is 105 Å². The van der Waals surface area contributed by atoms with E-state index in [0.29, 0.717) is 19.0 Å². The van der Waals surface area contributed by atoms with E-state index in [9.17, 15) is 9.90 Å². The zero-order valence-electron chi connectivity index (χ0n) is 10.0. The second-order valence-electron chi connectivity index (χ2n) is 4.08. The van der Waals surface area contributed by atoms with Gasteiger partial charge in [-0.3, -0.25) is 5.10 Å². The van der Waals surface area contributed by atoms with E-state index in [1.807, 2.05) is 0 Å². The van der Waals surface area contributed by atoms with Gasteiger partial charge in [0.1, 0.15) is 29.7 Å². The summed E-state index contributed by atoms with van der Waals surface area (Å²) in [7, 11) is 0. The molecular weight excluding hydrogens is 288 g/mol. The Labute approximate surface area is 117 Å². The highest BCUT2D eigenvalue weighted by Gasteiger charge is 2.24. The predicted octanol–water partition coefficient (Wildman–Crippen LogP) is 1.91. The summed E-state index contributed by atoms with van der Waals surface area (Å²) < 4.78 is 10.7. The normalized spacial score (nSPS) is 13.2. The van der Waals surface area contributed by atoms with Crippen molar-refractivity contribution >= 4 is 17.6 Å². The van der Waals surface area contributed by atoms with Crippen LogP contribution in [-0.2, 0) is 0 Å². The first-order chi connectivity index (χ1) is 9.58. The molecule has 3 N–H and O–H groups in total. The summed E-state index contributed by atoms with van der Waals surface area (Å²) in [5.74, 6) is -0.728. The molecule has 0 aliphatic carbocycles. The molecule has 1 aliphatic heterocycles. The lowest BCUT2D eigenvalue weighted by molar-refractivity contribution is 0.0690. The van der Waals surface area contributed by atoms with Gasteiger partial charge in [-0.05, 0) is 12.1 Å². The third-order valence-corrected chi connectivity index (χ3v) is 3.18. The molecule has 0 bridgehead atoms. The molecule has 20 heavy (non-hydrogen) atoms. The fourth-order valence-electron chi connectivity index (χ4n) is 1.90. The lowest BCUT2D eigenvalue weighted by Crippen LogP contribution is -2.15. The quantitative estimate of drug-likeness (QED) is 0.782. The minimum Gasteiger partial charge on any atom is -0.506 e. The molecule has 0 atom stereocenters. The highest BCUT2D eigenvalue weighted by atomic mass is 35.5. The number of aromatic carboxylic acids is 1. The number of phenolic OH excluding ortho intramolecular Hbond substituents is 1. The molecule has 0 saturated carbocycles. The molecular formula is C12H9ClN2O5. The van der Waals surface area contributed by atoms with Gasteiger partial charge in [0.2, 0.25) is 0 Å². The number of carboxylic acids is 1. The van der Waals surface area contributed by atoms with E-state index in [-0.39, 0.29) is 33.5 Å². The van der Waals surface area contributed by atoms with Crippen molar-refractivity contribution in [2.45, 2.75) is 0 Å². The van der Waals surface area contributed by atoms with E-state index in [1.165, 1.54) is 12.1 Å². The number of fused-ring (bicyclic) bond motifs is 1. The molecule has 0 fully saturated rings. The fraction of sp³-hybridized carbons (Fsp3) is 0.167. The van der Waals surface area contributed by atoms with Crippen LogP contribution in [0.4, 0.5) is 0 Å². The molecule has 0 unspecified atom stereocenters. The number of H-pyrrole nitrogens is 1. The second kappa shape index (κ2) is 4.61. The fourth-order valence-corrected chi connectivity index (χ4v) is 2.15. The van der Waals surface area contributed by atoms with Crippen LogP contribution in [0.1, 0.15) is 10.5 Å². The first-order valence-electron chi connectivity index (χ1n) is 5.68. The molecule has 0 amide bonds. The number of hydrogen-bond acceptors (Lipinski definition) is 5. The standard InChI is InChI=1S/C12H9ClN2O5/c13-9-10(16)5(3-8-11(9)20-2-1-19-8)6-4-7(12(17)18)15-14-6/h3-4,16H,1-2H2,(H,14,15)(H,17,18). The van der Waals surface area contributed by atoms with E-state index < -0.39 is 5.97 Å². The van der Waals surface area contributed by atoms with Gasteiger partial charge in [0.05, 0.1) is 5.69 Å². The monoisotopic (exact) mass is 296 g/mol. The number of aromatic amines is 1. The molecule has 0 saturated heterocycles. The molecule has 0 radical (unpaired) electrons. The molecule has 1 aromatic carbocycles. The summed E-state index contributed by atoms with van der Waals surface area (Å²) in [6.07, 6.45) is 0. The number of nitrogens with zero attached hydrogens (tertiary/aromatic N) is 1. The lowest BCUT2D eigenvalue weighted by atomic mass is 10.1. The summed E-state index contributed by atoms with van der Waals surface area (Å²) >= 11 is 6.03. The van der Waals surface area contributed by atoms with Gasteiger partial charge in [0, 0.05) is 5.56 Å². The number of halogens is 1. The Morgan fingerprint density at radius 3 is 2.80 bits per heavy atom. The minimum atomic E-state index is -1.15. The summed E-state index contributed by atoms with van der Waals surface area (Å²) in [6.45, 7) is 0.714. The van der Waals surface area contributed by atoms with Crippen LogP contribution < -0.4 is 9.47 Å². The van der Waals surface area contributed by atoms with Gasteiger partial charge in [0.25, 0.3) is 0 Å². The maximum absolute atomic E-state index is 10.8. The highest BCUT2D eigenvalue weighted by molar-refractivity contribution is 6.34. The van der Waals surface area contributed by atoms with Gasteiger partial charge in [-0.2, -0.15) is 5.10 Å². The smallest absolute Gasteiger partial charge is 0.353 e. The average molecular weight is 297 g/mol. The first kappa shape index (κ1) is 12.6. The zero-order valence-corrected chi connectivity index (χ0v) is 10.8. The lowest BCUT2D eigenvalue weighted by Gasteiger charge is -2.20. The summed E-state index contributed by atoms with van der Waals surface area (Å²) in [4.78, 5) is 10.8. The molecule has 1 aromatic heterocycles. The van der Waals surface area contributed by atoms with Crippen molar-refractivity contribution < 1.29 is 24.5 Å². The number of rotatable bonds is 2. The van der Waals surface area contributed by atoms with E-state index in [4.69, 9.17) is 26.2 Å². The van der Waals surface area contributed by atoms with Gasteiger partial charge in [0.15, 0.2) is 11.5 Å². The van der Waals surface area contributed by atoms with Crippen LogP contribution in [0.15, 0.2) is 12.1 Å². The van der Waals surface area contributed by atoms with Crippen molar-refractivity contribution in [2.24, 2.45) is 0 Å². The molecule has 1 aliphatic rings. The molecule has 2 aromatic rings. The summed E-state index contributed by atoms with van der Waals surface area (Å²) in [5, 5.41) is 25.1. The number of aromatic hydroxyl groups is 1. The van der Waals surface area contributed by atoms with E-state index in [2.05, 4.69) is 10.2 Å². The molecule has 8 heteroatoms. The molecule has 104 valence electrons. The van der Waals surface area contributed by atoms with Crippen molar-refractivity contribution in [2.75, 3.05) is 13.2 Å². The number of aromatic nitrogens is 2. The van der Waals surface area contributed by atoms with Crippen LogP contribution in [0, 0.1) is 0 Å². The van der Waals surface area contributed by atoms with Crippen LogP contribution in [-0.4, -0.2) is 39.6 Å². The third kappa shape index (κ3) is 1.92. The number of carbonyl (C=O) groups is 1. The predicted molar refractivity (Wildman–Crippen MR) is 68.6 cm³/mol. The van der Waals surface area contributed by atoms with Gasteiger partial charge in [-0.15, -0.1) is 0 Å². The number of ether oxygens (including phenoxy) is 2. The van der Waals surface area contributed by atoms with Crippen LogP contribution in [0.5, 0.6) is 17.2 Å². The Balaban J connectivity index is 2.13.